The Morgan fingerprint density at radius 1 is 1.24 bits per heavy atom. The molecule has 1 aromatic heterocycles. The van der Waals surface area contributed by atoms with Gasteiger partial charge in [0.15, 0.2) is 0 Å². The molecule has 0 radical (unpaired) electrons. The summed E-state index contributed by atoms with van der Waals surface area (Å²) in [4.78, 5) is 15.0. The van der Waals surface area contributed by atoms with Crippen molar-refractivity contribution in [2.45, 2.75) is 30.7 Å². The quantitative estimate of drug-likeness (QED) is 0.574. The van der Waals surface area contributed by atoms with Crippen molar-refractivity contribution in [1.82, 2.24) is 9.21 Å². The molecule has 0 spiro atoms. The molecule has 0 atom stereocenters. The molecular weight excluding hydrogens is 435 g/mol. The largest absolute Gasteiger partial charge is 0.330 e. The summed E-state index contributed by atoms with van der Waals surface area (Å²) in [6.45, 7) is 4.97. The van der Waals surface area contributed by atoms with Gasteiger partial charge in [-0.3, -0.25) is 4.79 Å². The first-order chi connectivity index (χ1) is 13.8. The van der Waals surface area contributed by atoms with E-state index in [9.17, 15) is 17.6 Å². The highest BCUT2D eigenvalue weighted by molar-refractivity contribution is 7.89. The van der Waals surface area contributed by atoms with Crippen molar-refractivity contribution in [2.75, 3.05) is 19.6 Å². The van der Waals surface area contributed by atoms with Crippen LogP contribution in [0.1, 0.15) is 34.5 Å². The third-order valence-corrected chi connectivity index (χ3v) is 7.85. The SMILES string of the molecule is C=CCN(Cc1ccc(Cl)s1)C(=O)c1ccc(F)c(S(=O)(=O)N2CCCCC2)c1. The van der Waals surface area contributed by atoms with Crippen LogP contribution in [-0.4, -0.2) is 43.2 Å². The summed E-state index contributed by atoms with van der Waals surface area (Å²) < 4.78 is 42.1. The monoisotopic (exact) mass is 456 g/mol. The predicted octanol–water partition coefficient (Wildman–Crippen LogP) is 4.54. The summed E-state index contributed by atoms with van der Waals surface area (Å²) in [6, 6.07) is 7.06. The van der Waals surface area contributed by atoms with Crippen LogP contribution in [0.15, 0.2) is 47.9 Å². The predicted molar refractivity (Wildman–Crippen MR) is 113 cm³/mol. The molecule has 1 aliphatic heterocycles. The maximum absolute atomic E-state index is 14.4. The van der Waals surface area contributed by atoms with Crippen LogP contribution in [0.4, 0.5) is 4.39 Å². The molecule has 2 heterocycles. The molecule has 9 heteroatoms. The molecule has 29 heavy (non-hydrogen) atoms. The minimum atomic E-state index is -3.99. The van der Waals surface area contributed by atoms with Gasteiger partial charge in [0.25, 0.3) is 5.91 Å². The van der Waals surface area contributed by atoms with E-state index in [0.717, 1.165) is 36.3 Å². The van der Waals surface area contributed by atoms with Crippen molar-refractivity contribution >= 4 is 38.9 Å². The number of piperidine rings is 1. The Hall–Kier alpha value is -1.74. The van der Waals surface area contributed by atoms with E-state index in [4.69, 9.17) is 11.6 Å². The summed E-state index contributed by atoms with van der Waals surface area (Å²) in [5, 5.41) is 0. The van der Waals surface area contributed by atoms with Crippen LogP contribution >= 0.6 is 22.9 Å². The smallest absolute Gasteiger partial charge is 0.254 e. The molecule has 5 nitrogen and oxygen atoms in total. The van der Waals surface area contributed by atoms with Crippen molar-refractivity contribution in [2.24, 2.45) is 0 Å². The van der Waals surface area contributed by atoms with Gasteiger partial charge in [-0.25, -0.2) is 12.8 Å². The zero-order valence-corrected chi connectivity index (χ0v) is 18.2. The van der Waals surface area contributed by atoms with Gasteiger partial charge in [-0.2, -0.15) is 4.31 Å². The number of carbonyl (C=O) groups is 1. The topological polar surface area (TPSA) is 57.7 Å². The Kier molecular flexibility index (Phi) is 7.10. The van der Waals surface area contributed by atoms with Gasteiger partial charge < -0.3 is 4.90 Å². The van der Waals surface area contributed by atoms with Crippen LogP contribution in [0.2, 0.25) is 4.34 Å². The van der Waals surface area contributed by atoms with Crippen molar-refractivity contribution < 1.29 is 17.6 Å². The molecule has 0 N–H and O–H groups in total. The van der Waals surface area contributed by atoms with Crippen molar-refractivity contribution in [3.63, 3.8) is 0 Å². The average Bonchev–Trinajstić information content (AvgIpc) is 3.13. The molecule has 0 aliphatic carbocycles. The van der Waals surface area contributed by atoms with Gasteiger partial charge in [-0.15, -0.1) is 17.9 Å². The number of carbonyl (C=O) groups excluding carboxylic acids is 1. The fourth-order valence-corrected chi connectivity index (χ4v) is 5.97. The minimum absolute atomic E-state index is 0.117. The van der Waals surface area contributed by atoms with E-state index >= 15 is 0 Å². The maximum atomic E-state index is 14.4. The first kappa shape index (κ1) is 22.0. The van der Waals surface area contributed by atoms with Crippen LogP contribution in [0.3, 0.4) is 0 Å². The van der Waals surface area contributed by atoms with Crippen molar-refractivity contribution in [3.8, 4) is 0 Å². The Morgan fingerprint density at radius 3 is 2.59 bits per heavy atom. The number of nitrogens with zero attached hydrogens (tertiary/aromatic N) is 2. The molecular formula is C20H22ClFN2O3S2. The first-order valence-corrected chi connectivity index (χ1v) is 11.9. The van der Waals surface area contributed by atoms with E-state index in [-0.39, 0.29) is 12.1 Å². The van der Waals surface area contributed by atoms with Crippen LogP contribution in [0.5, 0.6) is 0 Å². The molecule has 1 saturated heterocycles. The summed E-state index contributed by atoms with van der Waals surface area (Å²) in [6.07, 6.45) is 4.03. The van der Waals surface area contributed by atoms with Crippen LogP contribution < -0.4 is 0 Å². The zero-order chi connectivity index (χ0) is 21.0. The molecule has 1 amide bonds. The number of hydrogen-bond acceptors (Lipinski definition) is 4. The lowest BCUT2D eigenvalue weighted by molar-refractivity contribution is 0.0764. The number of rotatable bonds is 7. The summed E-state index contributed by atoms with van der Waals surface area (Å²) in [5.41, 5.74) is 0.117. The van der Waals surface area contributed by atoms with E-state index in [1.54, 1.807) is 12.1 Å². The van der Waals surface area contributed by atoms with Crippen LogP contribution in [0.25, 0.3) is 0 Å². The molecule has 1 fully saturated rings. The molecule has 156 valence electrons. The number of halogens is 2. The van der Waals surface area contributed by atoms with Gasteiger partial charge in [-0.1, -0.05) is 24.1 Å². The summed E-state index contributed by atoms with van der Waals surface area (Å²) >= 11 is 7.32. The van der Waals surface area contributed by atoms with Gasteiger partial charge in [0.2, 0.25) is 10.0 Å². The third-order valence-electron chi connectivity index (χ3n) is 4.72. The fourth-order valence-electron chi connectivity index (χ4n) is 3.26. The lowest BCUT2D eigenvalue weighted by atomic mass is 10.2. The van der Waals surface area contributed by atoms with Crippen molar-refractivity contribution in [1.29, 1.82) is 0 Å². The lowest BCUT2D eigenvalue weighted by Crippen LogP contribution is -2.36. The van der Waals surface area contributed by atoms with E-state index in [2.05, 4.69) is 6.58 Å². The number of sulfonamides is 1. The molecule has 0 saturated carbocycles. The van der Waals surface area contributed by atoms with Crippen LogP contribution in [0, 0.1) is 5.82 Å². The van der Waals surface area contributed by atoms with Crippen LogP contribution in [-0.2, 0) is 16.6 Å². The number of thiophene rings is 1. The van der Waals surface area contributed by atoms with Gasteiger partial charge in [-0.05, 0) is 43.2 Å². The Morgan fingerprint density at radius 2 is 1.97 bits per heavy atom. The molecule has 2 aromatic rings. The molecule has 3 rings (SSSR count). The fraction of sp³-hybridized carbons (Fsp3) is 0.350. The number of benzene rings is 1. The van der Waals surface area contributed by atoms with Gasteiger partial charge in [0.1, 0.15) is 10.7 Å². The third kappa shape index (κ3) is 5.06. The summed E-state index contributed by atoms with van der Waals surface area (Å²) in [5.74, 6) is -1.25. The molecule has 0 bridgehead atoms. The Balaban J connectivity index is 1.90. The Bertz CT molecular complexity index is 1000. The zero-order valence-electron chi connectivity index (χ0n) is 15.8. The van der Waals surface area contributed by atoms with E-state index in [0.29, 0.717) is 24.0 Å². The number of hydrogen-bond donors (Lipinski definition) is 0. The second kappa shape index (κ2) is 9.38. The average molecular weight is 457 g/mol. The molecule has 0 unspecified atom stereocenters. The maximum Gasteiger partial charge on any atom is 0.254 e. The second-order valence-electron chi connectivity index (χ2n) is 6.79. The first-order valence-electron chi connectivity index (χ1n) is 9.27. The lowest BCUT2D eigenvalue weighted by Gasteiger charge is -2.26. The van der Waals surface area contributed by atoms with Crippen molar-refractivity contribution in [3.05, 3.63) is 63.6 Å². The summed E-state index contributed by atoms with van der Waals surface area (Å²) in [7, 11) is -3.99. The highest BCUT2D eigenvalue weighted by Crippen LogP contribution is 2.26. The van der Waals surface area contributed by atoms with Gasteiger partial charge in [0.05, 0.1) is 10.9 Å². The highest BCUT2D eigenvalue weighted by atomic mass is 35.5. The van der Waals surface area contributed by atoms with E-state index < -0.39 is 26.6 Å². The minimum Gasteiger partial charge on any atom is -0.330 e. The van der Waals surface area contributed by atoms with E-state index in [1.807, 2.05) is 6.07 Å². The van der Waals surface area contributed by atoms with Gasteiger partial charge in [0, 0.05) is 30.1 Å². The van der Waals surface area contributed by atoms with Gasteiger partial charge >= 0.3 is 0 Å². The molecule has 1 aromatic carbocycles. The Labute approximate surface area is 179 Å². The van der Waals surface area contributed by atoms with E-state index in [1.165, 1.54) is 26.6 Å². The highest BCUT2D eigenvalue weighted by Gasteiger charge is 2.30. The second-order valence-corrected chi connectivity index (χ2v) is 10.5. The molecule has 1 aliphatic rings. The standard InChI is InChI=1S/C20H22ClFN2O3S2/c1-2-10-23(14-16-7-9-19(21)28-16)20(25)15-6-8-17(22)18(13-15)29(26,27)24-11-4-3-5-12-24/h2,6-9,13H,1,3-5,10-12,14H2. The number of amides is 1. The normalized spacial score (nSPS) is 15.2.